The monoisotopic (exact) mass is 369 g/mol. The van der Waals surface area contributed by atoms with Crippen molar-refractivity contribution < 1.29 is 9.53 Å². The number of likely N-dealkylation sites (tertiary alicyclic amines) is 1. The Morgan fingerprint density at radius 3 is 2.38 bits per heavy atom. The Morgan fingerprint density at radius 2 is 1.73 bits per heavy atom. The molecule has 0 aliphatic carbocycles. The molecule has 0 spiro atoms. The van der Waals surface area contributed by atoms with Crippen molar-refractivity contribution in [1.82, 2.24) is 4.90 Å². The number of carbonyl (C=O) groups excluding carboxylic acids is 1. The molecule has 0 radical (unpaired) electrons. The van der Waals surface area contributed by atoms with Crippen LogP contribution in [0.15, 0.2) is 47.4 Å². The number of ether oxygens (including phenoxy) is 1. The lowest BCUT2D eigenvalue weighted by Crippen LogP contribution is -2.31. The molecule has 2 aromatic carbocycles. The van der Waals surface area contributed by atoms with Gasteiger partial charge in [0.25, 0.3) is 5.91 Å². The maximum absolute atomic E-state index is 12.9. The summed E-state index contributed by atoms with van der Waals surface area (Å²) in [4.78, 5) is 16.1. The van der Waals surface area contributed by atoms with E-state index < -0.39 is 0 Å². The highest BCUT2D eigenvalue weighted by Crippen LogP contribution is 2.29. The van der Waals surface area contributed by atoms with Gasteiger partial charge in [0.05, 0.1) is 7.11 Å². The van der Waals surface area contributed by atoms with E-state index in [1.165, 1.54) is 23.3 Å². The van der Waals surface area contributed by atoms with Crippen LogP contribution in [0.5, 0.6) is 5.75 Å². The third kappa shape index (κ3) is 4.82. The van der Waals surface area contributed by atoms with Crippen LogP contribution in [0.1, 0.15) is 47.2 Å². The first kappa shape index (κ1) is 18.8. The van der Waals surface area contributed by atoms with Crippen LogP contribution in [0.2, 0.25) is 0 Å². The molecule has 0 bridgehead atoms. The Hall–Kier alpha value is -1.94. The van der Waals surface area contributed by atoms with Crippen LogP contribution in [-0.4, -0.2) is 31.0 Å². The zero-order valence-corrected chi connectivity index (χ0v) is 16.5. The van der Waals surface area contributed by atoms with Gasteiger partial charge in [-0.2, -0.15) is 0 Å². The summed E-state index contributed by atoms with van der Waals surface area (Å²) in [6.07, 6.45) is 4.67. The molecule has 3 nitrogen and oxygen atoms in total. The van der Waals surface area contributed by atoms with Crippen molar-refractivity contribution in [2.45, 2.75) is 43.3 Å². The minimum absolute atomic E-state index is 0.149. The van der Waals surface area contributed by atoms with Crippen LogP contribution in [0, 0.1) is 6.92 Å². The fourth-order valence-corrected chi connectivity index (χ4v) is 4.15. The van der Waals surface area contributed by atoms with Gasteiger partial charge < -0.3 is 9.64 Å². The van der Waals surface area contributed by atoms with Crippen LogP contribution in [0.3, 0.4) is 0 Å². The quantitative estimate of drug-likeness (QED) is 0.669. The number of amides is 1. The standard InChI is InChI=1S/C22H27NO2S/c1-17-7-10-20(11-8-17)26-16-19-15-18(9-12-21(19)25-2)22(24)23-13-5-3-4-6-14-23/h7-12,15H,3-6,13-14,16H2,1-2H3. The molecule has 0 aromatic heterocycles. The molecule has 0 atom stereocenters. The summed E-state index contributed by atoms with van der Waals surface area (Å²) in [6, 6.07) is 14.4. The van der Waals surface area contributed by atoms with Crippen molar-refractivity contribution in [2.24, 2.45) is 0 Å². The first-order valence-corrected chi connectivity index (χ1v) is 10.3. The van der Waals surface area contributed by atoms with E-state index in [-0.39, 0.29) is 5.91 Å². The van der Waals surface area contributed by atoms with Crippen molar-refractivity contribution >= 4 is 17.7 Å². The first-order valence-electron chi connectivity index (χ1n) is 9.33. The Labute approximate surface area is 160 Å². The molecule has 1 heterocycles. The largest absolute Gasteiger partial charge is 0.496 e. The molecule has 1 aliphatic heterocycles. The van der Waals surface area contributed by atoms with E-state index in [9.17, 15) is 4.79 Å². The molecule has 1 aliphatic rings. The second-order valence-corrected chi connectivity index (χ2v) is 7.88. The van der Waals surface area contributed by atoms with Crippen LogP contribution in [0.4, 0.5) is 0 Å². The topological polar surface area (TPSA) is 29.5 Å². The van der Waals surface area contributed by atoms with E-state index in [1.54, 1.807) is 18.9 Å². The number of benzene rings is 2. The van der Waals surface area contributed by atoms with Crippen LogP contribution in [0.25, 0.3) is 0 Å². The number of hydrogen-bond donors (Lipinski definition) is 0. The molecule has 4 heteroatoms. The molecule has 1 saturated heterocycles. The first-order chi connectivity index (χ1) is 12.7. The van der Waals surface area contributed by atoms with E-state index in [4.69, 9.17) is 4.74 Å². The molecule has 0 unspecified atom stereocenters. The van der Waals surface area contributed by atoms with Gasteiger partial charge >= 0.3 is 0 Å². The third-order valence-electron chi connectivity index (χ3n) is 4.84. The summed E-state index contributed by atoms with van der Waals surface area (Å²) in [5.74, 6) is 1.78. The number of hydrogen-bond acceptors (Lipinski definition) is 3. The predicted octanol–water partition coefficient (Wildman–Crippen LogP) is 5.31. The van der Waals surface area contributed by atoms with Gasteiger partial charge in [-0.25, -0.2) is 0 Å². The van der Waals surface area contributed by atoms with Gasteiger partial charge in [0, 0.05) is 34.9 Å². The number of rotatable bonds is 5. The van der Waals surface area contributed by atoms with E-state index >= 15 is 0 Å². The predicted molar refractivity (Wildman–Crippen MR) is 108 cm³/mol. The third-order valence-corrected chi connectivity index (χ3v) is 5.90. The van der Waals surface area contributed by atoms with E-state index in [0.29, 0.717) is 0 Å². The lowest BCUT2D eigenvalue weighted by Gasteiger charge is -2.21. The number of carbonyl (C=O) groups is 1. The summed E-state index contributed by atoms with van der Waals surface area (Å²) < 4.78 is 5.51. The minimum atomic E-state index is 0.149. The molecule has 0 N–H and O–H groups in total. The van der Waals surface area contributed by atoms with Crippen LogP contribution in [-0.2, 0) is 5.75 Å². The zero-order valence-electron chi connectivity index (χ0n) is 15.7. The van der Waals surface area contributed by atoms with Gasteiger partial charge in [-0.15, -0.1) is 11.8 Å². The molecular weight excluding hydrogens is 342 g/mol. The lowest BCUT2D eigenvalue weighted by atomic mass is 10.1. The molecule has 1 amide bonds. The average Bonchev–Trinajstić information content (AvgIpc) is 2.96. The number of nitrogens with zero attached hydrogens (tertiary/aromatic N) is 1. The fraction of sp³-hybridized carbons (Fsp3) is 0.409. The Balaban J connectivity index is 1.74. The van der Waals surface area contributed by atoms with Crippen LogP contribution >= 0.6 is 11.8 Å². The van der Waals surface area contributed by atoms with Gasteiger partial charge in [0.15, 0.2) is 0 Å². The Bertz CT molecular complexity index is 734. The van der Waals surface area contributed by atoms with Gasteiger partial charge in [0.1, 0.15) is 5.75 Å². The average molecular weight is 370 g/mol. The SMILES string of the molecule is COc1ccc(C(=O)N2CCCCCC2)cc1CSc1ccc(C)cc1. The summed E-state index contributed by atoms with van der Waals surface area (Å²) in [5, 5.41) is 0. The maximum Gasteiger partial charge on any atom is 0.253 e. The summed E-state index contributed by atoms with van der Waals surface area (Å²) in [6.45, 7) is 3.84. The Kier molecular flexibility index (Phi) is 6.62. The highest BCUT2D eigenvalue weighted by atomic mass is 32.2. The van der Waals surface area contributed by atoms with Gasteiger partial charge in [0.2, 0.25) is 0 Å². The van der Waals surface area contributed by atoms with E-state index in [1.807, 2.05) is 23.1 Å². The second-order valence-electron chi connectivity index (χ2n) is 6.83. The molecule has 2 aromatic rings. The summed E-state index contributed by atoms with van der Waals surface area (Å²) >= 11 is 1.77. The zero-order chi connectivity index (χ0) is 18.4. The highest BCUT2D eigenvalue weighted by molar-refractivity contribution is 7.98. The molecule has 26 heavy (non-hydrogen) atoms. The number of aryl methyl sites for hydroxylation is 1. The molecule has 3 rings (SSSR count). The van der Waals surface area contributed by atoms with Gasteiger partial charge in [-0.3, -0.25) is 4.79 Å². The van der Waals surface area contributed by atoms with Gasteiger partial charge in [-0.1, -0.05) is 30.5 Å². The normalized spacial score (nSPS) is 14.8. The fourth-order valence-electron chi connectivity index (χ4n) is 3.28. The van der Waals surface area contributed by atoms with Crippen molar-refractivity contribution in [3.63, 3.8) is 0 Å². The number of thioether (sulfide) groups is 1. The van der Waals surface area contributed by atoms with Crippen molar-refractivity contribution in [3.05, 3.63) is 59.2 Å². The van der Waals surface area contributed by atoms with Crippen molar-refractivity contribution in [2.75, 3.05) is 20.2 Å². The lowest BCUT2D eigenvalue weighted by molar-refractivity contribution is 0.0761. The van der Waals surface area contributed by atoms with E-state index in [2.05, 4.69) is 31.2 Å². The minimum Gasteiger partial charge on any atom is -0.496 e. The van der Waals surface area contributed by atoms with Gasteiger partial charge in [-0.05, 0) is 50.1 Å². The molecule has 0 saturated carbocycles. The molecule has 1 fully saturated rings. The van der Waals surface area contributed by atoms with Crippen molar-refractivity contribution in [3.8, 4) is 5.75 Å². The highest BCUT2D eigenvalue weighted by Gasteiger charge is 2.18. The summed E-state index contributed by atoms with van der Waals surface area (Å²) in [5.41, 5.74) is 3.10. The van der Waals surface area contributed by atoms with E-state index in [0.717, 1.165) is 48.6 Å². The smallest absolute Gasteiger partial charge is 0.253 e. The number of methoxy groups -OCH3 is 1. The summed E-state index contributed by atoms with van der Waals surface area (Å²) in [7, 11) is 1.69. The molecule has 138 valence electrons. The second kappa shape index (κ2) is 9.13. The molecular formula is C22H27NO2S. The van der Waals surface area contributed by atoms with Crippen molar-refractivity contribution in [1.29, 1.82) is 0 Å². The maximum atomic E-state index is 12.9. The Morgan fingerprint density at radius 1 is 1.04 bits per heavy atom. The van der Waals surface area contributed by atoms with Crippen LogP contribution < -0.4 is 4.74 Å².